The molecule has 2 heterocycles. The number of amides is 1. The molecule has 0 spiro atoms. The normalized spacial score (nSPS) is 24.3. The van der Waals surface area contributed by atoms with Crippen LogP contribution >= 0.6 is 11.8 Å². The molecule has 1 aromatic rings. The number of aromatic nitrogens is 3. The minimum atomic E-state index is -0.0303. The Labute approximate surface area is 111 Å². The number of thioether (sulfide) groups is 1. The van der Waals surface area contributed by atoms with Gasteiger partial charge in [-0.25, -0.2) is 0 Å². The molecule has 1 fully saturated rings. The Hall–Kier alpha value is -1.08. The Morgan fingerprint density at radius 3 is 2.78 bits per heavy atom. The minimum Gasteiger partial charge on any atom is -0.335 e. The first-order valence-corrected chi connectivity index (χ1v) is 7.09. The number of carbonyl (C=O) groups is 1. The van der Waals surface area contributed by atoms with Crippen LogP contribution in [0.3, 0.4) is 0 Å². The summed E-state index contributed by atoms with van der Waals surface area (Å²) in [6, 6.07) is 0. The molecule has 2 rings (SSSR count). The highest BCUT2D eigenvalue weighted by Gasteiger charge is 2.27. The zero-order chi connectivity index (χ0) is 13.1. The second-order valence-electron chi connectivity index (χ2n) is 4.62. The fraction of sp³-hybridized carbons (Fsp3) is 0.727. The van der Waals surface area contributed by atoms with Crippen LogP contribution < -0.4 is 5.73 Å². The van der Waals surface area contributed by atoms with Crippen LogP contribution in [0, 0.1) is 0 Å². The van der Waals surface area contributed by atoms with Gasteiger partial charge in [-0.15, -0.1) is 5.10 Å². The number of hydrogen-bond donors (Lipinski definition) is 1. The lowest BCUT2D eigenvalue weighted by molar-refractivity contribution is 0.0747. The first-order valence-electron chi connectivity index (χ1n) is 6.15. The van der Waals surface area contributed by atoms with Crippen LogP contribution in [-0.2, 0) is 6.54 Å². The van der Waals surface area contributed by atoms with E-state index in [4.69, 9.17) is 5.73 Å². The molecule has 1 amide bonds. The van der Waals surface area contributed by atoms with E-state index in [1.165, 1.54) is 0 Å². The van der Waals surface area contributed by atoms with Gasteiger partial charge in [0.05, 0.1) is 12.7 Å². The van der Waals surface area contributed by atoms with Crippen molar-refractivity contribution in [1.29, 1.82) is 0 Å². The van der Waals surface area contributed by atoms with E-state index < -0.39 is 0 Å². The Morgan fingerprint density at radius 1 is 1.50 bits per heavy atom. The number of nitrogens with zero attached hydrogens (tertiary/aromatic N) is 4. The van der Waals surface area contributed by atoms with E-state index in [9.17, 15) is 4.79 Å². The molecule has 0 aromatic carbocycles. The van der Waals surface area contributed by atoms with Gasteiger partial charge < -0.3 is 10.6 Å². The van der Waals surface area contributed by atoms with E-state index in [0.717, 1.165) is 13.1 Å². The number of rotatable bonds is 3. The number of hydrogen-bond acceptors (Lipinski definition) is 5. The molecule has 0 bridgehead atoms. The average molecular weight is 269 g/mol. The highest BCUT2D eigenvalue weighted by atomic mass is 32.2. The molecule has 0 aliphatic carbocycles. The van der Waals surface area contributed by atoms with E-state index in [0.29, 0.717) is 29.3 Å². The smallest absolute Gasteiger partial charge is 0.276 e. The van der Waals surface area contributed by atoms with Crippen LogP contribution in [0.4, 0.5) is 0 Å². The first-order chi connectivity index (χ1) is 8.60. The fourth-order valence-corrected chi connectivity index (χ4v) is 3.47. The molecule has 1 aliphatic heterocycles. The van der Waals surface area contributed by atoms with Crippen molar-refractivity contribution in [1.82, 2.24) is 19.9 Å². The van der Waals surface area contributed by atoms with Crippen LogP contribution in [0.15, 0.2) is 6.20 Å². The Morgan fingerprint density at radius 2 is 2.17 bits per heavy atom. The summed E-state index contributed by atoms with van der Waals surface area (Å²) in [6.45, 7) is 6.92. The van der Waals surface area contributed by atoms with Gasteiger partial charge in [-0.2, -0.15) is 11.8 Å². The third-order valence-corrected chi connectivity index (χ3v) is 4.05. The first kappa shape index (κ1) is 13.4. The average Bonchev–Trinajstić information content (AvgIpc) is 2.76. The summed E-state index contributed by atoms with van der Waals surface area (Å²) in [5.41, 5.74) is 5.85. The Kier molecular flexibility index (Phi) is 4.23. The summed E-state index contributed by atoms with van der Waals surface area (Å²) in [5, 5.41) is 8.75. The number of carbonyl (C=O) groups excluding carboxylic acids is 1. The molecule has 2 N–H and O–H groups in total. The van der Waals surface area contributed by atoms with E-state index >= 15 is 0 Å². The standard InChI is InChI=1S/C11H19N5OS/c1-8-5-15(6-9(2)18-8)11(17)10-7-16(4-3-12)14-13-10/h7-9H,3-6,12H2,1-2H3. The van der Waals surface area contributed by atoms with Gasteiger partial charge >= 0.3 is 0 Å². The molecule has 0 radical (unpaired) electrons. The van der Waals surface area contributed by atoms with Crippen molar-refractivity contribution in [3.63, 3.8) is 0 Å². The summed E-state index contributed by atoms with van der Waals surface area (Å²) < 4.78 is 1.61. The molecule has 1 aliphatic rings. The molecule has 7 heteroatoms. The van der Waals surface area contributed by atoms with Gasteiger partial charge in [0.15, 0.2) is 5.69 Å². The van der Waals surface area contributed by atoms with Gasteiger partial charge in [0.2, 0.25) is 0 Å². The van der Waals surface area contributed by atoms with Crippen LogP contribution in [0.25, 0.3) is 0 Å². The Bertz CT molecular complexity index is 411. The van der Waals surface area contributed by atoms with Crippen LogP contribution in [0.5, 0.6) is 0 Å². The lowest BCUT2D eigenvalue weighted by Gasteiger charge is -2.34. The summed E-state index contributed by atoms with van der Waals surface area (Å²) in [4.78, 5) is 14.1. The zero-order valence-electron chi connectivity index (χ0n) is 10.7. The van der Waals surface area contributed by atoms with Crippen molar-refractivity contribution in [2.24, 2.45) is 5.73 Å². The molecule has 1 saturated heterocycles. The second-order valence-corrected chi connectivity index (χ2v) is 6.50. The molecule has 2 unspecified atom stereocenters. The van der Waals surface area contributed by atoms with Crippen molar-refractivity contribution in [3.8, 4) is 0 Å². The highest BCUT2D eigenvalue weighted by molar-refractivity contribution is 8.00. The topological polar surface area (TPSA) is 77.0 Å². The van der Waals surface area contributed by atoms with Crippen molar-refractivity contribution in [2.75, 3.05) is 19.6 Å². The SMILES string of the molecule is CC1CN(C(=O)c2cn(CCN)nn2)CC(C)S1. The summed E-state index contributed by atoms with van der Waals surface area (Å²) in [6.07, 6.45) is 1.67. The van der Waals surface area contributed by atoms with Gasteiger partial charge in [-0.05, 0) is 0 Å². The van der Waals surface area contributed by atoms with E-state index in [-0.39, 0.29) is 5.91 Å². The van der Waals surface area contributed by atoms with Gasteiger partial charge in [0.25, 0.3) is 5.91 Å². The van der Waals surface area contributed by atoms with E-state index in [1.807, 2.05) is 16.7 Å². The lowest BCUT2D eigenvalue weighted by atomic mass is 10.3. The summed E-state index contributed by atoms with van der Waals surface area (Å²) in [5.74, 6) is -0.0303. The zero-order valence-corrected chi connectivity index (χ0v) is 11.6. The van der Waals surface area contributed by atoms with Gasteiger partial charge in [0, 0.05) is 30.1 Å². The molecule has 0 saturated carbocycles. The lowest BCUT2D eigenvalue weighted by Crippen LogP contribution is -2.44. The Balaban J connectivity index is 2.05. The maximum Gasteiger partial charge on any atom is 0.276 e. The van der Waals surface area contributed by atoms with Crippen molar-refractivity contribution < 1.29 is 4.79 Å². The third kappa shape index (κ3) is 3.02. The van der Waals surface area contributed by atoms with Crippen molar-refractivity contribution in [2.45, 2.75) is 30.9 Å². The predicted octanol–water partition coefficient (Wildman–Crippen LogP) is 0.203. The van der Waals surface area contributed by atoms with E-state index in [2.05, 4.69) is 24.2 Å². The van der Waals surface area contributed by atoms with Crippen molar-refractivity contribution in [3.05, 3.63) is 11.9 Å². The molecular weight excluding hydrogens is 250 g/mol. The molecular formula is C11H19N5OS. The predicted molar refractivity (Wildman–Crippen MR) is 71.5 cm³/mol. The van der Waals surface area contributed by atoms with Crippen LogP contribution in [0.1, 0.15) is 24.3 Å². The molecule has 18 heavy (non-hydrogen) atoms. The van der Waals surface area contributed by atoms with Crippen LogP contribution in [0.2, 0.25) is 0 Å². The largest absolute Gasteiger partial charge is 0.335 e. The van der Waals surface area contributed by atoms with Crippen molar-refractivity contribution >= 4 is 17.7 Å². The molecule has 6 nitrogen and oxygen atoms in total. The third-order valence-electron chi connectivity index (χ3n) is 2.82. The summed E-state index contributed by atoms with van der Waals surface area (Å²) in [7, 11) is 0. The molecule has 100 valence electrons. The van der Waals surface area contributed by atoms with E-state index in [1.54, 1.807) is 10.9 Å². The maximum atomic E-state index is 12.3. The monoisotopic (exact) mass is 269 g/mol. The minimum absolute atomic E-state index is 0.0303. The van der Waals surface area contributed by atoms with Gasteiger partial charge in [-0.3, -0.25) is 9.48 Å². The second kappa shape index (κ2) is 5.71. The quantitative estimate of drug-likeness (QED) is 0.848. The highest BCUT2D eigenvalue weighted by Crippen LogP contribution is 2.25. The van der Waals surface area contributed by atoms with Crippen LogP contribution in [-0.4, -0.2) is 55.9 Å². The number of nitrogens with two attached hydrogens (primary N) is 1. The molecule has 1 aromatic heterocycles. The maximum absolute atomic E-state index is 12.3. The van der Waals surface area contributed by atoms with Gasteiger partial charge in [-0.1, -0.05) is 19.1 Å². The molecule has 2 atom stereocenters. The summed E-state index contributed by atoms with van der Waals surface area (Å²) >= 11 is 1.92. The van der Waals surface area contributed by atoms with Gasteiger partial charge in [0.1, 0.15) is 0 Å². The fourth-order valence-electron chi connectivity index (χ4n) is 2.14.